The van der Waals surface area contributed by atoms with Crippen LogP contribution in [0, 0.1) is 0 Å². The quantitative estimate of drug-likeness (QED) is 0.687. The Bertz CT molecular complexity index is 1120. The molecular weight excluding hydrogens is 420 g/mol. The maximum Gasteiger partial charge on any atom is 0.259 e. The molecule has 0 radical (unpaired) electrons. The highest BCUT2D eigenvalue weighted by molar-refractivity contribution is 6.03. The number of para-hydroxylation sites is 1. The lowest BCUT2D eigenvalue weighted by molar-refractivity contribution is -0.120. The van der Waals surface area contributed by atoms with Gasteiger partial charge in [0, 0.05) is 43.8 Å². The number of piperazine rings is 1. The molecule has 2 heterocycles. The number of hydrogen-bond acceptors (Lipinski definition) is 4. The van der Waals surface area contributed by atoms with Crippen LogP contribution < -0.4 is 15.6 Å². The molecule has 4 rings (SSSR count). The number of hydrogen-bond donors (Lipinski definition) is 1. The lowest BCUT2D eigenvalue weighted by atomic mass is 10.1. The Kier molecular flexibility index (Phi) is 6.72. The van der Waals surface area contributed by atoms with Gasteiger partial charge in [0.1, 0.15) is 17.7 Å². The fraction of sp³-hybridized carbons (Fsp3) is 0.360. The van der Waals surface area contributed by atoms with E-state index in [4.69, 9.17) is 0 Å². The van der Waals surface area contributed by atoms with Crippen molar-refractivity contribution in [3.8, 4) is 0 Å². The normalized spacial score (nSPS) is 16.7. The summed E-state index contributed by atoms with van der Waals surface area (Å²) in [5.74, 6) is -1.27. The van der Waals surface area contributed by atoms with Crippen LogP contribution in [0.25, 0.3) is 0 Å². The van der Waals surface area contributed by atoms with Gasteiger partial charge in [-0.1, -0.05) is 37.1 Å². The molecule has 0 bridgehead atoms. The van der Waals surface area contributed by atoms with Crippen LogP contribution in [0.1, 0.15) is 52.4 Å². The summed E-state index contributed by atoms with van der Waals surface area (Å²) in [6, 6.07) is 9.42. The summed E-state index contributed by atoms with van der Waals surface area (Å²) in [4.78, 5) is 54.9. The van der Waals surface area contributed by atoms with Crippen molar-refractivity contribution < 1.29 is 14.4 Å². The fourth-order valence-corrected chi connectivity index (χ4v) is 4.48. The second-order valence-corrected chi connectivity index (χ2v) is 8.41. The van der Waals surface area contributed by atoms with Crippen molar-refractivity contribution in [3.05, 3.63) is 76.7 Å². The number of benzene rings is 1. The highest BCUT2D eigenvalue weighted by atomic mass is 16.2. The van der Waals surface area contributed by atoms with Gasteiger partial charge in [0.05, 0.1) is 0 Å². The number of pyridine rings is 1. The van der Waals surface area contributed by atoms with Crippen LogP contribution in [-0.4, -0.2) is 53.4 Å². The minimum Gasteiger partial charge on any atom is -0.349 e. The Hall–Kier alpha value is -3.68. The molecule has 1 N–H and O–H groups in total. The third-order valence-corrected chi connectivity index (χ3v) is 6.25. The van der Waals surface area contributed by atoms with Gasteiger partial charge in [-0.2, -0.15) is 0 Å². The minimum absolute atomic E-state index is 0.0659. The van der Waals surface area contributed by atoms with Crippen molar-refractivity contribution >= 4 is 23.4 Å². The molecule has 172 valence electrons. The van der Waals surface area contributed by atoms with Crippen LogP contribution in [0.2, 0.25) is 0 Å². The van der Waals surface area contributed by atoms with Crippen molar-refractivity contribution in [2.24, 2.45) is 0 Å². The molecule has 8 heteroatoms. The van der Waals surface area contributed by atoms with Crippen molar-refractivity contribution in [2.45, 2.75) is 31.7 Å². The molecule has 33 heavy (non-hydrogen) atoms. The van der Waals surface area contributed by atoms with Gasteiger partial charge in [0.15, 0.2) is 0 Å². The lowest BCUT2D eigenvalue weighted by Crippen LogP contribution is -2.53. The Labute approximate surface area is 192 Å². The number of anilines is 1. The summed E-state index contributed by atoms with van der Waals surface area (Å²) in [5.41, 5.74) is 0.0192. The molecule has 2 aromatic rings. The van der Waals surface area contributed by atoms with Crippen LogP contribution in [0.5, 0.6) is 0 Å². The third kappa shape index (κ3) is 4.74. The van der Waals surface area contributed by atoms with Gasteiger partial charge in [0.2, 0.25) is 11.3 Å². The summed E-state index contributed by atoms with van der Waals surface area (Å²) in [6.07, 6.45) is 8.62. The standard InChI is InChI=1S/C25H28N4O4/c1-2-12-26-24(32)20-15-28(18-8-6-7-9-18)16-21(23(20)31)25(33)27-13-14-29(22(30)17-27)19-10-4-3-5-11-19/h2-5,10-11,15-16,18H,1,6-9,12-14,17H2,(H,26,32). The second kappa shape index (κ2) is 9.85. The summed E-state index contributed by atoms with van der Waals surface area (Å²) >= 11 is 0. The zero-order chi connectivity index (χ0) is 23.4. The highest BCUT2D eigenvalue weighted by Gasteiger charge is 2.31. The molecule has 1 aromatic carbocycles. The Balaban J connectivity index is 1.62. The fourth-order valence-electron chi connectivity index (χ4n) is 4.48. The van der Waals surface area contributed by atoms with Crippen LogP contribution in [0.15, 0.2) is 60.2 Å². The molecule has 0 unspecified atom stereocenters. The molecular formula is C25H28N4O4. The van der Waals surface area contributed by atoms with E-state index >= 15 is 0 Å². The molecule has 3 amide bonds. The number of carbonyl (C=O) groups is 3. The van der Waals surface area contributed by atoms with E-state index in [-0.39, 0.29) is 36.2 Å². The van der Waals surface area contributed by atoms with Crippen molar-refractivity contribution in [1.29, 1.82) is 0 Å². The third-order valence-electron chi connectivity index (χ3n) is 6.25. The van der Waals surface area contributed by atoms with Gasteiger partial charge in [-0.25, -0.2) is 0 Å². The molecule has 1 aliphatic heterocycles. The van der Waals surface area contributed by atoms with Gasteiger partial charge in [0.25, 0.3) is 11.8 Å². The van der Waals surface area contributed by atoms with Crippen LogP contribution >= 0.6 is 0 Å². The van der Waals surface area contributed by atoms with Gasteiger partial charge in [-0.3, -0.25) is 19.2 Å². The number of rotatable bonds is 6. The van der Waals surface area contributed by atoms with Crippen LogP contribution in [0.4, 0.5) is 5.69 Å². The molecule has 1 saturated heterocycles. The first-order chi connectivity index (χ1) is 16.0. The lowest BCUT2D eigenvalue weighted by Gasteiger charge is -2.34. The minimum atomic E-state index is -0.617. The molecule has 0 spiro atoms. The van der Waals surface area contributed by atoms with Crippen molar-refractivity contribution in [2.75, 3.05) is 31.1 Å². The van der Waals surface area contributed by atoms with Gasteiger partial charge < -0.3 is 19.7 Å². The Morgan fingerprint density at radius 3 is 2.39 bits per heavy atom. The summed E-state index contributed by atoms with van der Waals surface area (Å²) < 4.78 is 1.83. The molecule has 2 fully saturated rings. The molecule has 1 aromatic heterocycles. The van der Waals surface area contributed by atoms with Gasteiger partial charge in [-0.15, -0.1) is 6.58 Å². The maximum absolute atomic E-state index is 13.4. The first-order valence-corrected chi connectivity index (χ1v) is 11.3. The average molecular weight is 449 g/mol. The van der Waals surface area contributed by atoms with Crippen molar-refractivity contribution in [3.63, 3.8) is 0 Å². The second-order valence-electron chi connectivity index (χ2n) is 8.41. The number of carbonyl (C=O) groups excluding carboxylic acids is 3. The van der Waals surface area contributed by atoms with E-state index in [0.29, 0.717) is 13.1 Å². The van der Waals surface area contributed by atoms with E-state index in [1.54, 1.807) is 17.3 Å². The number of nitrogens with one attached hydrogen (secondary N) is 1. The van der Waals surface area contributed by atoms with E-state index in [9.17, 15) is 19.2 Å². The smallest absolute Gasteiger partial charge is 0.259 e. The predicted octanol–water partition coefficient (Wildman–Crippen LogP) is 2.37. The molecule has 0 atom stereocenters. The summed E-state index contributed by atoms with van der Waals surface area (Å²) in [7, 11) is 0. The van der Waals surface area contributed by atoms with Crippen LogP contribution in [0.3, 0.4) is 0 Å². The number of aromatic nitrogens is 1. The molecule has 2 aliphatic rings. The molecule has 1 saturated carbocycles. The Morgan fingerprint density at radius 1 is 1.03 bits per heavy atom. The Morgan fingerprint density at radius 2 is 1.73 bits per heavy atom. The first kappa shape index (κ1) is 22.5. The summed E-state index contributed by atoms with van der Waals surface area (Å²) in [6.45, 7) is 4.31. The zero-order valence-electron chi connectivity index (χ0n) is 18.5. The van der Waals surface area contributed by atoms with Crippen LogP contribution in [-0.2, 0) is 4.79 Å². The van der Waals surface area contributed by atoms with Gasteiger partial charge >= 0.3 is 0 Å². The highest BCUT2D eigenvalue weighted by Crippen LogP contribution is 2.29. The monoisotopic (exact) mass is 448 g/mol. The number of amides is 3. The summed E-state index contributed by atoms with van der Waals surface area (Å²) in [5, 5.41) is 2.63. The SMILES string of the molecule is C=CCNC(=O)c1cn(C2CCCC2)cc(C(=O)N2CCN(c3ccccc3)C(=O)C2)c1=O. The van der Waals surface area contributed by atoms with Crippen molar-refractivity contribution in [1.82, 2.24) is 14.8 Å². The average Bonchev–Trinajstić information content (AvgIpc) is 3.38. The van der Waals surface area contributed by atoms with E-state index in [2.05, 4.69) is 11.9 Å². The van der Waals surface area contributed by atoms with E-state index in [1.807, 2.05) is 34.9 Å². The maximum atomic E-state index is 13.4. The van der Waals surface area contributed by atoms with E-state index in [1.165, 1.54) is 11.0 Å². The zero-order valence-corrected chi connectivity index (χ0v) is 18.5. The first-order valence-electron chi connectivity index (χ1n) is 11.3. The molecule has 1 aliphatic carbocycles. The van der Waals surface area contributed by atoms with E-state index < -0.39 is 17.2 Å². The molecule has 8 nitrogen and oxygen atoms in total. The topological polar surface area (TPSA) is 91.7 Å². The predicted molar refractivity (Wildman–Crippen MR) is 125 cm³/mol. The number of nitrogens with zero attached hydrogens (tertiary/aromatic N) is 3. The van der Waals surface area contributed by atoms with Gasteiger partial charge in [-0.05, 0) is 25.0 Å². The largest absolute Gasteiger partial charge is 0.349 e. The van der Waals surface area contributed by atoms with E-state index in [0.717, 1.165) is 31.4 Å².